The topological polar surface area (TPSA) is 62.8 Å². The van der Waals surface area contributed by atoms with Gasteiger partial charge in [-0.15, -0.1) is 0 Å². The highest BCUT2D eigenvalue weighted by atomic mass is 16.5. The molecule has 2 rings (SSSR count). The Hall–Kier alpha value is -1.79. The van der Waals surface area contributed by atoms with Crippen molar-refractivity contribution in [3.05, 3.63) is 24.3 Å². The molecule has 0 saturated carbocycles. The van der Waals surface area contributed by atoms with Gasteiger partial charge in [0, 0.05) is 37.6 Å². The van der Waals surface area contributed by atoms with E-state index in [1.165, 1.54) is 7.11 Å². The van der Waals surface area contributed by atoms with Gasteiger partial charge < -0.3 is 14.8 Å². The number of rotatable bonds is 5. The second-order valence-corrected chi connectivity index (χ2v) is 4.57. The predicted octanol–water partition coefficient (Wildman–Crippen LogP) is 1.61. The molecule has 0 aromatic heterocycles. The third kappa shape index (κ3) is 4.71. The van der Waals surface area contributed by atoms with E-state index in [1.54, 1.807) is 0 Å². The van der Waals surface area contributed by atoms with Crippen molar-refractivity contribution in [3.63, 3.8) is 0 Å². The van der Waals surface area contributed by atoms with Crippen LogP contribution in [0.1, 0.15) is 0 Å². The normalized spacial score (nSPS) is 15.7. The number of nitrogens with one attached hydrogen (secondary N) is 2. The van der Waals surface area contributed by atoms with Crippen LogP contribution in [0.4, 0.5) is 16.2 Å². The molecule has 20 heavy (non-hydrogen) atoms. The van der Waals surface area contributed by atoms with Gasteiger partial charge in [0.1, 0.15) is 0 Å². The summed E-state index contributed by atoms with van der Waals surface area (Å²) in [4.78, 5) is 13.4. The van der Waals surface area contributed by atoms with Crippen molar-refractivity contribution in [1.29, 1.82) is 0 Å². The Labute approximate surface area is 119 Å². The van der Waals surface area contributed by atoms with Gasteiger partial charge >= 0.3 is 6.09 Å². The molecule has 1 amide bonds. The lowest BCUT2D eigenvalue weighted by molar-refractivity contribution is 0.0398. The van der Waals surface area contributed by atoms with E-state index in [4.69, 9.17) is 4.74 Å². The Balaban J connectivity index is 1.71. The van der Waals surface area contributed by atoms with E-state index >= 15 is 0 Å². The summed E-state index contributed by atoms with van der Waals surface area (Å²) in [6.45, 7) is 5.56. The zero-order valence-electron chi connectivity index (χ0n) is 11.7. The smallest absolute Gasteiger partial charge is 0.411 e. The molecule has 1 aliphatic heterocycles. The Kier molecular flexibility index (Phi) is 5.64. The van der Waals surface area contributed by atoms with Gasteiger partial charge in [-0.1, -0.05) is 0 Å². The number of amides is 1. The van der Waals surface area contributed by atoms with E-state index in [9.17, 15) is 4.79 Å². The number of carbonyl (C=O) groups excluding carboxylic acids is 1. The number of hydrogen-bond donors (Lipinski definition) is 2. The molecule has 0 aliphatic carbocycles. The highest BCUT2D eigenvalue weighted by Crippen LogP contribution is 2.13. The molecule has 1 fully saturated rings. The molecule has 2 N–H and O–H groups in total. The van der Waals surface area contributed by atoms with Gasteiger partial charge in [0.2, 0.25) is 0 Å². The van der Waals surface area contributed by atoms with E-state index in [-0.39, 0.29) is 0 Å². The molecule has 1 aliphatic rings. The van der Waals surface area contributed by atoms with Crippen LogP contribution in [0.5, 0.6) is 0 Å². The lowest BCUT2D eigenvalue weighted by Crippen LogP contribution is -2.38. The zero-order valence-corrected chi connectivity index (χ0v) is 11.7. The van der Waals surface area contributed by atoms with E-state index in [1.807, 2.05) is 24.3 Å². The van der Waals surface area contributed by atoms with Crippen molar-refractivity contribution in [1.82, 2.24) is 4.90 Å². The number of carbonyl (C=O) groups is 1. The second-order valence-electron chi connectivity index (χ2n) is 4.57. The molecular weight excluding hydrogens is 258 g/mol. The summed E-state index contributed by atoms with van der Waals surface area (Å²) in [7, 11) is 1.34. The van der Waals surface area contributed by atoms with Crippen LogP contribution in [0.2, 0.25) is 0 Å². The molecule has 0 spiro atoms. The highest BCUT2D eigenvalue weighted by molar-refractivity contribution is 5.84. The maximum atomic E-state index is 11.0. The number of nitrogens with zero attached hydrogens (tertiary/aromatic N) is 1. The summed E-state index contributed by atoms with van der Waals surface area (Å²) in [5, 5.41) is 5.98. The number of ether oxygens (including phenoxy) is 2. The molecular formula is C14H21N3O3. The molecule has 0 radical (unpaired) electrons. The SMILES string of the molecule is COC(=O)Nc1ccc(NCCN2CCOCC2)cc1. The van der Waals surface area contributed by atoms with Crippen molar-refractivity contribution in [2.45, 2.75) is 0 Å². The Bertz CT molecular complexity index is 416. The molecule has 1 heterocycles. The van der Waals surface area contributed by atoms with Crippen LogP contribution in [-0.4, -0.2) is 57.5 Å². The van der Waals surface area contributed by atoms with E-state index in [0.717, 1.165) is 50.8 Å². The first-order valence-electron chi connectivity index (χ1n) is 6.77. The van der Waals surface area contributed by atoms with Gasteiger partial charge in [-0.3, -0.25) is 10.2 Å². The molecule has 1 aromatic rings. The number of hydrogen-bond acceptors (Lipinski definition) is 5. The predicted molar refractivity (Wildman–Crippen MR) is 78.2 cm³/mol. The quantitative estimate of drug-likeness (QED) is 0.857. The minimum Gasteiger partial charge on any atom is -0.453 e. The van der Waals surface area contributed by atoms with Crippen LogP contribution < -0.4 is 10.6 Å². The van der Waals surface area contributed by atoms with E-state index in [0.29, 0.717) is 0 Å². The second kappa shape index (κ2) is 7.72. The summed E-state index contributed by atoms with van der Waals surface area (Å²) in [6, 6.07) is 7.55. The molecule has 6 heteroatoms. The monoisotopic (exact) mass is 279 g/mol. The van der Waals surface area contributed by atoms with Gasteiger partial charge in [0.15, 0.2) is 0 Å². The Morgan fingerprint density at radius 1 is 1.25 bits per heavy atom. The van der Waals surface area contributed by atoms with Crippen molar-refractivity contribution in [2.24, 2.45) is 0 Å². The maximum absolute atomic E-state index is 11.0. The van der Waals surface area contributed by atoms with Crippen LogP contribution in [0.15, 0.2) is 24.3 Å². The molecule has 1 aromatic carbocycles. The lowest BCUT2D eigenvalue weighted by Gasteiger charge is -2.26. The van der Waals surface area contributed by atoms with Gasteiger partial charge in [-0.25, -0.2) is 4.79 Å². The number of morpholine rings is 1. The number of methoxy groups -OCH3 is 1. The lowest BCUT2D eigenvalue weighted by atomic mass is 10.3. The average molecular weight is 279 g/mol. The molecule has 110 valence electrons. The maximum Gasteiger partial charge on any atom is 0.411 e. The summed E-state index contributed by atoms with van der Waals surface area (Å²) < 4.78 is 9.85. The Morgan fingerprint density at radius 2 is 1.90 bits per heavy atom. The average Bonchev–Trinajstić information content (AvgIpc) is 2.50. The van der Waals surface area contributed by atoms with Crippen molar-refractivity contribution in [3.8, 4) is 0 Å². The highest BCUT2D eigenvalue weighted by Gasteiger charge is 2.09. The first kappa shape index (κ1) is 14.6. The third-order valence-corrected chi connectivity index (χ3v) is 3.18. The van der Waals surface area contributed by atoms with E-state index in [2.05, 4.69) is 20.3 Å². The summed E-state index contributed by atoms with van der Waals surface area (Å²) in [5.74, 6) is 0. The van der Waals surface area contributed by atoms with Crippen LogP contribution in [0.3, 0.4) is 0 Å². The van der Waals surface area contributed by atoms with Gasteiger partial charge in [0.25, 0.3) is 0 Å². The van der Waals surface area contributed by atoms with Crippen LogP contribution in [0.25, 0.3) is 0 Å². The first-order valence-corrected chi connectivity index (χ1v) is 6.77. The number of anilines is 2. The molecule has 0 bridgehead atoms. The van der Waals surface area contributed by atoms with Crippen LogP contribution in [-0.2, 0) is 9.47 Å². The molecule has 1 saturated heterocycles. The van der Waals surface area contributed by atoms with Crippen molar-refractivity contribution in [2.75, 3.05) is 57.1 Å². The van der Waals surface area contributed by atoms with Crippen LogP contribution in [0, 0.1) is 0 Å². The molecule has 0 atom stereocenters. The number of benzene rings is 1. The molecule has 6 nitrogen and oxygen atoms in total. The van der Waals surface area contributed by atoms with Crippen molar-refractivity contribution >= 4 is 17.5 Å². The minimum absolute atomic E-state index is 0.460. The third-order valence-electron chi connectivity index (χ3n) is 3.18. The molecule has 0 unspecified atom stereocenters. The summed E-state index contributed by atoms with van der Waals surface area (Å²) in [5.41, 5.74) is 1.75. The van der Waals surface area contributed by atoms with Gasteiger partial charge in [-0.2, -0.15) is 0 Å². The zero-order chi connectivity index (χ0) is 14.2. The summed E-state index contributed by atoms with van der Waals surface area (Å²) >= 11 is 0. The first-order chi connectivity index (χ1) is 9.78. The Morgan fingerprint density at radius 3 is 2.55 bits per heavy atom. The van der Waals surface area contributed by atoms with Crippen molar-refractivity contribution < 1.29 is 14.3 Å². The fourth-order valence-corrected chi connectivity index (χ4v) is 2.02. The minimum atomic E-state index is -0.460. The van der Waals surface area contributed by atoms with Gasteiger partial charge in [-0.05, 0) is 24.3 Å². The summed E-state index contributed by atoms with van der Waals surface area (Å²) in [6.07, 6.45) is -0.460. The standard InChI is InChI=1S/C14H21N3O3/c1-19-14(18)16-13-4-2-12(3-5-13)15-6-7-17-8-10-20-11-9-17/h2-5,15H,6-11H2,1H3,(H,16,18). The fraction of sp³-hybridized carbons (Fsp3) is 0.500. The van der Waals surface area contributed by atoms with Crippen LogP contribution >= 0.6 is 0 Å². The van der Waals surface area contributed by atoms with Gasteiger partial charge in [0.05, 0.1) is 20.3 Å². The fourth-order valence-electron chi connectivity index (χ4n) is 2.02. The van der Waals surface area contributed by atoms with E-state index < -0.39 is 6.09 Å². The largest absolute Gasteiger partial charge is 0.453 e.